The fourth-order valence-corrected chi connectivity index (χ4v) is 5.48. The topological polar surface area (TPSA) is 103 Å². The molecule has 0 spiro atoms. The summed E-state index contributed by atoms with van der Waals surface area (Å²) in [6, 6.07) is 19.8. The van der Waals surface area contributed by atoms with E-state index in [-0.39, 0.29) is 36.5 Å². The molecule has 2 N–H and O–H groups in total. The Bertz CT molecular complexity index is 1520. The van der Waals surface area contributed by atoms with E-state index < -0.39 is 11.3 Å². The largest absolute Gasteiger partial charge is 0.352 e. The lowest BCUT2D eigenvalue weighted by Crippen LogP contribution is -2.43. The SMILES string of the molecule is CC[C@H](SC1=Nc2ccccc2C2=N[C@H](CC(=O)NCc3ccc(F)cc3)C(=O)N12)C(=O)Nc1cccc(C)c1. The molecule has 40 heavy (non-hydrogen) atoms. The molecule has 0 fully saturated rings. The van der Waals surface area contributed by atoms with Crippen molar-refractivity contribution in [1.29, 1.82) is 0 Å². The second-order valence-corrected chi connectivity index (χ2v) is 10.7. The van der Waals surface area contributed by atoms with Crippen molar-refractivity contribution < 1.29 is 18.8 Å². The lowest BCUT2D eigenvalue weighted by Gasteiger charge is -2.27. The zero-order valence-corrected chi connectivity index (χ0v) is 22.9. The van der Waals surface area contributed by atoms with Crippen LogP contribution in [0.25, 0.3) is 0 Å². The summed E-state index contributed by atoms with van der Waals surface area (Å²) in [6.45, 7) is 4.06. The Morgan fingerprint density at radius 2 is 1.85 bits per heavy atom. The van der Waals surface area contributed by atoms with Crippen LogP contribution in [-0.2, 0) is 20.9 Å². The summed E-state index contributed by atoms with van der Waals surface area (Å²) in [5, 5.41) is 5.56. The standard InChI is InChI=1S/C30H28FN5O3S/c1-3-25(28(38)33-21-8-6-7-18(2)15-21)40-30-35-23-10-5-4-9-22(23)27-34-24(29(39)36(27)30)16-26(37)32-17-19-11-13-20(31)14-12-19/h4-15,24-25H,3,16-17H2,1-2H3,(H,32,37)(H,33,38)/t24-,25+/m1/s1. The number of amidine groups is 2. The third kappa shape index (κ3) is 5.96. The molecule has 2 aliphatic heterocycles. The van der Waals surface area contributed by atoms with Crippen LogP contribution in [0.1, 0.15) is 36.5 Å². The second-order valence-electron chi connectivity index (χ2n) is 9.53. The number of hydrogen-bond acceptors (Lipinski definition) is 6. The number of rotatable bonds is 8. The molecule has 0 radical (unpaired) electrons. The Labute approximate surface area is 235 Å². The van der Waals surface area contributed by atoms with E-state index in [1.165, 1.54) is 28.8 Å². The van der Waals surface area contributed by atoms with Gasteiger partial charge in [0, 0.05) is 17.8 Å². The van der Waals surface area contributed by atoms with Gasteiger partial charge in [0.2, 0.25) is 11.8 Å². The molecular formula is C30H28FN5O3S. The summed E-state index contributed by atoms with van der Waals surface area (Å²) in [5.74, 6) is -0.852. The summed E-state index contributed by atoms with van der Waals surface area (Å²) >= 11 is 1.20. The van der Waals surface area contributed by atoms with Crippen molar-refractivity contribution in [3.05, 3.63) is 95.3 Å². The van der Waals surface area contributed by atoms with Gasteiger partial charge in [-0.3, -0.25) is 19.4 Å². The molecule has 204 valence electrons. The van der Waals surface area contributed by atoms with E-state index in [0.29, 0.717) is 34.4 Å². The minimum Gasteiger partial charge on any atom is -0.352 e. The molecule has 0 aliphatic carbocycles. The van der Waals surface area contributed by atoms with Crippen molar-refractivity contribution in [2.75, 3.05) is 5.32 Å². The van der Waals surface area contributed by atoms with Crippen molar-refractivity contribution in [1.82, 2.24) is 10.2 Å². The summed E-state index contributed by atoms with van der Waals surface area (Å²) in [7, 11) is 0. The van der Waals surface area contributed by atoms with Crippen LogP contribution in [-0.4, -0.2) is 44.9 Å². The van der Waals surface area contributed by atoms with E-state index in [2.05, 4.69) is 15.6 Å². The Hall–Kier alpha value is -4.31. The van der Waals surface area contributed by atoms with E-state index in [4.69, 9.17) is 4.99 Å². The highest BCUT2D eigenvalue weighted by atomic mass is 32.2. The second kappa shape index (κ2) is 11.8. The van der Waals surface area contributed by atoms with Crippen molar-refractivity contribution in [3.63, 3.8) is 0 Å². The van der Waals surface area contributed by atoms with Crippen LogP contribution in [0.3, 0.4) is 0 Å². The van der Waals surface area contributed by atoms with Gasteiger partial charge in [-0.15, -0.1) is 0 Å². The third-order valence-electron chi connectivity index (χ3n) is 6.53. The van der Waals surface area contributed by atoms with Gasteiger partial charge < -0.3 is 10.6 Å². The van der Waals surface area contributed by atoms with Gasteiger partial charge in [0.05, 0.1) is 17.4 Å². The molecule has 5 rings (SSSR count). The number of anilines is 1. The number of nitrogens with zero attached hydrogens (tertiary/aromatic N) is 3. The number of benzene rings is 3. The maximum absolute atomic E-state index is 13.6. The van der Waals surface area contributed by atoms with Crippen molar-refractivity contribution >= 4 is 51.9 Å². The van der Waals surface area contributed by atoms with Crippen molar-refractivity contribution in [2.24, 2.45) is 9.98 Å². The first-order valence-electron chi connectivity index (χ1n) is 13.0. The smallest absolute Gasteiger partial charge is 0.259 e. The van der Waals surface area contributed by atoms with Crippen LogP contribution in [0.15, 0.2) is 82.8 Å². The zero-order valence-electron chi connectivity index (χ0n) is 22.1. The van der Waals surface area contributed by atoms with Crippen LogP contribution in [0.2, 0.25) is 0 Å². The molecule has 2 aliphatic rings. The first-order chi connectivity index (χ1) is 19.3. The van der Waals surface area contributed by atoms with Crippen LogP contribution in [0.5, 0.6) is 0 Å². The summed E-state index contributed by atoms with van der Waals surface area (Å²) in [6.07, 6.45) is 0.359. The first-order valence-corrected chi connectivity index (χ1v) is 13.9. The Kier molecular flexibility index (Phi) is 8.06. The molecule has 2 atom stereocenters. The minimum absolute atomic E-state index is 0.148. The number of fused-ring (bicyclic) bond motifs is 3. The van der Waals surface area contributed by atoms with E-state index in [9.17, 15) is 18.8 Å². The molecule has 2 heterocycles. The summed E-state index contributed by atoms with van der Waals surface area (Å²) in [5.41, 5.74) is 3.80. The maximum atomic E-state index is 13.6. The van der Waals surface area contributed by atoms with E-state index in [0.717, 1.165) is 11.1 Å². The van der Waals surface area contributed by atoms with Crippen LogP contribution in [0, 0.1) is 12.7 Å². The van der Waals surface area contributed by atoms with Gasteiger partial charge in [-0.2, -0.15) is 0 Å². The molecule has 0 saturated carbocycles. The van der Waals surface area contributed by atoms with Gasteiger partial charge in [-0.05, 0) is 60.9 Å². The Morgan fingerprint density at radius 3 is 2.60 bits per heavy atom. The number of thioether (sulfide) groups is 1. The maximum Gasteiger partial charge on any atom is 0.259 e. The molecule has 3 aromatic rings. The highest BCUT2D eigenvalue weighted by Crippen LogP contribution is 2.36. The number of para-hydroxylation sites is 1. The molecule has 3 aromatic carbocycles. The monoisotopic (exact) mass is 557 g/mol. The first kappa shape index (κ1) is 27.3. The average Bonchev–Trinajstić information content (AvgIpc) is 3.27. The number of aryl methyl sites for hydroxylation is 1. The number of aliphatic imine (C=N–C) groups is 2. The molecule has 0 saturated heterocycles. The molecular weight excluding hydrogens is 529 g/mol. The predicted octanol–water partition coefficient (Wildman–Crippen LogP) is 4.95. The fourth-order valence-electron chi connectivity index (χ4n) is 4.46. The number of carbonyl (C=O) groups is 3. The lowest BCUT2D eigenvalue weighted by atomic mass is 10.1. The molecule has 0 aromatic heterocycles. The molecule has 3 amide bonds. The lowest BCUT2D eigenvalue weighted by molar-refractivity contribution is -0.128. The number of carbonyl (C=O) groups excluding carboxylic acids is 3. The Balaban J connectivity index is 1.32. The van der Waals surface area contributed by atoms with E-state index in [1.54, 1.807) is 12.1 Å². The summed E-state index contributed by atoms with van der Waals surface area (Å²) in [4.78, 5) is 50.2. The third-order valence-corrected chi connectivity index (χ3v) is 7.84. The predicted molar refractivity (Wildman–Crippen MR) is 155 cm³/mol. The van der Waals surface area contributed by atoms with Gasteiger partial charge >= 0.3 is 0 Å². The fraction of sp³-hybridized carbons (Fsp3) is 0.233. The molecule has 0 unspecified atom stereocenters. The van der Waals surface area contributed by atoms with Crippen molar-refractivity contribution in [2.45, 2.75) is 44.5 Å². The average molecular weight is 558 g/mol. The number of amides is 3. The van der Waals surface area contributed by atoms with Crippen LogP contribution in [0.4, 0.5) is 15.8 Å². The van der Waals surface area contributed by atoms with Gasteiger partial charge in [0.15, 0.2) is 5.17 Å². The highest BCUT2D eigenvalue weighted by molar-refractivity contribution is 8.15. The molecule has 0 bridgehead atoms. The van der Waals surface area contributed by atoms with Crippen LogP contribution < -0.4 is 10.6 Å². The molecule has 10 heteroatoms. The van der Waals surface area contributed by atoms with E-state index in [1.807, 2.05) is 62.4 Å². The number of nitrogens with one attached hydrogen (secondary N) is 2. The Morgan fingerprint density at radius 1 is 1.07 bits per heavy atom. The zero-order chi connectivity index (χ0) is 28.2. The number of hydrogen-bond donors (Lipinski definition) is 2. The van der Waals surface area contributed by atoms with Gasteiger partial charge in [0.25, 0.3) is 5.91 Å². The molecule has 8 nitrogen and oxygen atoms in total. The van der Waals surface area contributed by atoms with Crippen LogP contribution >= 0.6 is 11.8 Å². The minimum atomic E-state index is -0.929. The number of halogens is 1. The van der Waals surface area contributed by atoms with Gasteiger partial charge in [0.1, 0.15) is 17.7 Å². The van der Waals surface area contributed by atoms with Crippen molar-refractivity contribution in [3.8, 4) is 0 Å². The van der Waals surface area contributed by atoms with Gasteiger partial charge in [-0.25, -0.2) is 14.3 Å². The summed E-state index contributed by atoms with van der Waals surface area (Å²) < 4.78 is 13.2. The quantitative estimate of drug-likeness (QED) is 0.409. The normalized spacial score (nSPS) is 16.4. The highest BCUT2D eigenvalue weighted by Gasteiger charge is 2.43. The van der Waals surface area contributed by atoms with Gasteiger partial charge in [-0.1, -0.05) is 55.1 Å². The van der Waals surface area contributed by atoms with E-state index >= 15 is 0 Å².